The minimum absolute atomic E-state index is 0.0738. The minimum Gasteiger partial charge on any atom is -0.467 e. The quantitative estimate of drug-likeness (QED) is 0.388. The number of carbonyl (C=O) groups is 1. The van der Waals surface area contributed by atoms with Crippen LogP contribution < -0.4 is 5.32 Å². The Hall–Kier alpha value is -3.32. The van der Waals surface area contributed by atoms with Crippen LogP contribution in [0.4, 0.5) is 5.69 Å². The Kier molecular flexibility index (Phi) is 6.52. The molecule has 2 aromatic carbocycles. The van der Waals surface area contributed by atoms with E-state index in [1.165, 1.54) is 17.3 Å². The molecule has 6 nitrogen and oxygen atoms in total. The summed E-state index contributed by atoms with van der Waals surface area (Å²) in [5.74, 6) is 1.71. The molecular weight excluding hydrogens is 408 g/mol. The van der Waals surface area contributed by atoms with E-state index in [0.29, 0.717) is 11.7 Å². The van der Waals surface area contributed by atoms with E-state index in [0.717, 1.165) is 34.8 Å². The van der Waals surface area contributed by atoms with Crippen molar-refractivity contribution in [2.24, 2.45) is 0 Å². The topological polar surface area (TPSA) is 73.0 Å². The normalized spacial score (nSPS) is 10.9. The van der Waals surface area contributed by atoms with Gasteiger partial charge in [-0.15, -0.1) is 10.2 Å². The molecule has 0 aliphatic carbocycles. The molecule has 158 valence electrons. The predicted octanol–water partition coefficient (Wildman–Crippen LogP) is 5.19. The maximum Gasteiger partial charge on any atom is 0.234 e. The molecule has 2 aromatic heterocycles. The number of hydrogen-bond acceptors (Lipinski definition) is 5. The van der Waals surface area contributed by atoms with Crippen LogP contribution in [0.3, 0.4) is 0 Å². The second kappa shape index (κ2) is 9.66. The Morgan fingerprint density at radius 1 is 1.06 bits per heavy atom. The number of carbonyl (C=O) groups excluding carboxylic acids is 1. The largest absolute Gasteiger partial charge is 0.467 e. The monoisotopic (exact) mass is 432 g/mol. The number of furan rings is 1. The third-order valence-electron chi connectivity index (χ3n) is 4.93. The van der Waals surface area contributed by atoms with Gasteiger partial charge in [0.15, 0.2) is 11.0 Å². The number of para-hydroxylation sites is 1. The van der Waals surface area contributed by atoms with Crippen molar-refractivity contribution < 1.29 is 9.21 Å². The zero-order valence-electron chi connectivity index (χ0n) is 17.5. The maximum absolute atomic E-state index is 12.6. The number of aromatic nitrogens is 3. The minimum atomic E-state index is -0.0738. The molecule has 0 radical (unpaired) electrons. The van der Waals surface area contributed by atoms with Gasteiger partial charge in [0.25, 0.3) is 0 Å². The highest BCUT2D eigenvalue weighted by molar-refractivity contribution is 7.99. The van der Waals surface area contributed by atoms with E-state index >= 15 is 0 Å². The highest BCUT2D eigenvalue weighted by Gasteiger charge is 2.17. The first-order valence-corrected chi connectivity index (χ1v) is 11.2. The van der Waals surface area contributed by atoms with Crippen molar-refractivity contribution in [2.45, 2.75) is 32.0 Å². The number of anilines is 1. The maximum atomic E-state index is 12.6. The summed E-state index contributed by atoms with van der Waals surface area (Å²) in [6, 6.07) is 19.8. The molecule has 0 aliphatic heterocycles. The molecular formula is C24H24N4O2S. The average molecular weight is 433 g/mol. The molecule has 1 N–H and O–H groups in total. The molecule has 1 amide bonds. The van der Waals surface area contributed by atoms with Crippen molar-refractivity contribution in [1.29, 1.82) is 0 Å². The summed E-state index contributed by atoms with van der Waals surface area (Å²) in [6.45, 7) is 4.61. The number of thioether (sulfide) groups is 1. The zero-order chi connectivity index (χ0) is 21.6. The number of amides is 1. The summed E-state index contributed by atoms with van der Waals surface area (Å²) in [5.41, 5.74) is 4.12. The second-order valence-electron chi connectivity index (χ2n) is 7.19. The SMILES string of the molecule is CCc1ccccc1NC(=O)CSc1nnc(-c2ccc(C)cc2)n1Cc1ccco1. The Bertz CT molecular complexity index is 1150. The van der Waals surface area contributed by atoms with Crippen LogP contribution >= 0.6 is 11.8 Å². The summed E-state index contributed by atoms with van der Waals surface area (Å²) < 4.78 is 7.52. The van der Waals surface area contributed by atoms with E-state index in [1.54, 1.807) is 6.26 Å². The van der Waals surface area contributed by atoms with Crippen LogP contribution in [-0.4, -0.2) is 26.4 Å². The first-order valence-electron chi connectivity index (χ1n) is 10.2. The van der Waals surface area contributed by atoms with Crippen molar-refractivity contribution in [2.75, 3.05) is 11.1 Å². The Morgan fingerprint density at radius 3 is 2.61 bits per heavy atom. The molecule has 0 unspecified atom stereocenters. The molecule has 4 aromatic rings. The van der Waals surface area contributed by atoms with E-state index in [2.05, 4.69) is 22.4 Å². The van der Waals surface area contributed by atoms with Crippen LogP contribution in [0, 0.1) is 6.92 Å². The van der Waals surface area contributed by atoms with E-state index in [1.807, 2.05) is 72.2 Å². The number of rotatable bonds is 8. The van der Waals surface area contributed by atoms with E-state index in [-0.39, 0.29) is 11.7 Å². The molecule has 0 atom stereocenters. The predicted molar refractivity (Wildman–Crippen MR) is 123 cm³/mol. The first kappa shape index (κ1) is 20.9. The number of nitrogens with zero attached hydrogens (tertiary/aromatic N) is 3. The molecule has 0 bridgehead atoms. The number of hydrogen-bond donors (Lipinski definition) is 1. The lowest BCUT2D eigenvalue weighted by molar-refractivity contribution is -0.113. The highest BCUT2D eigenvalue weighted by atomic mass is 32.2. The fourth-order valence-corrected chi connectivity index (χ4v) is 4.02. The summed E-state index contributed by atoms with van der Waals surface area (Å²) >= 11 is 1.36. The molecule has 0 aliphatic rings. The van der Waals surface area contributed by atoms with E-state index in [4.69, 9.17) is 4.42 Å². The van der Waals surface area contributed by atoms with Gasteiger partial charge in [0.05, 0.1) is 18.6 Å². The molecule has 0 saturated heterocycles. The van der Waals surface area contributed by atoms with Crippen LogP contribution in [0.1, 0.15) is 23.8 Å². The number of aryl methyl sites for hydroxylation is 2. The fourth-order valence-electron chi connectivity index (χ4n) is 3.28. The van der Waals surface area contributed by atoms with Gasteiger partial charge < -0.3 is 9.73 Å². The van der Waals surface area contributed by atoms with Gasteiger partial charge in [0, 0.05) is 11.3 Å². The molecule has 0 spiro atoms. The smallest absolute Gasteiger partial charge is 0.234 e. The van der Waals surface area contributed by atoms with Crippen LogP contribution in [0.2, 0.25) is 0 Å². The fraction of sp³-hybridized carbons (Fsp3) is 0.208. The van der Waals surface area contributed by atoms with Gasteiger partial charge in [-0.1, -0.05) is 66.7 Å². The average Bonchev–Trinajstić information content (AvgIpc) is 3.44. The van der Waals surface area contributed by atoms with Gasteiger partial charge in [-0.2, -0.15) is 0 Å². The van der Waals surface area contributed by atoms with Crippen LogP contribution in [0.5, 0.6) is 0 Å². The first-order chi connectivity index (χ1) is 15.1. The third-order valence-corrected chi connectivity index (χ3v) is 5.89. The second-order valence-corrected chi connectivity index (χ2v) is 8.13. The van der Waals surface area contributed by atoms with Crippen molar-refractivity contribution in [3.05, 3.63) is 83.8 Å². The van der Waals surface area contributed by atoms with Gasteiger partial charge in [0.1, 0.15) is 5.76 Å². The van der Waals surface area contributed by atoms with Crippen LogP contribution in [0.15, 0.2) is 76.5 Å². The Labute approximate surface area is 185 Å². The van der Waals surface area contributed by atoms with Gasteiger partial charge in [-0.05, 0) is 37.1 Å². The van der Waals surface area contributed by atoms with E-state index < -0.39 is 0 Å². The van der Waals surface area contributed by atoms with Gasteiger partial charge in [-0.25, -0.2) is 0 Å². The van der Waals surface area contributed by atoms with Crippen molar-refractivity contribution in [1.82, 2.24) is 14.8 Å². The molecule has 31 heavy (non-hydrogen) atoms. The summed E-state index contributed by atoms with van der Waals surface area (Å²) in [4.78, 5) is 12.6. The lowest BCUT2D eigenvalue weighted by Gasteiger charge is -2.11. The molecule has 0 saturated carbocycles. The Morgan fingerprint density at radius 2 is 1.87 bits per heavy atom. The molecule has 0 fully saturated rings. The number of benzene rings is 2. The third kappa shape index (κ3) is 5.06. The standard InChI is InChI=1S/C24H24N4O2S/c1-3-18-7-4-5-9-21(18)25-22(29)16-31-24-27-26-23(19-12-10-17(2)11-13-19)28(24)15-20-8-6-14-30-20/h4-14H,3,15-16H2,1-2H3,(H,25,29). The van der Waals surface area contributed by atoms with Gasteiger partial charge in [-0.3, -0.25) is 9.36 Å². The van der Waals surface area contributed by atoms with Crippen molar-refractivity contribution in [3.8, 4) is 11.4 Å². The van der Waals surface area contributed by atoms with Crippen LogP contribution in [-0.2, 0) is 17.8 Å². The molecule has 7 heteroatoms. The molecule has 4 rings (SSSR count). The van der Waals surface area contributed by atoms with E-state index in [9.17, 15) is 4.79 Å². The van der Waals surface area contributed by atoms with Crippen LogP contribution in [0.25, 0.3) is 11.4 Å². The lowest BCUT2D eigenvalue weighted by Crippen LogP contribution is -2.16. The van der Waals surface area contributed by atoms with Crippen molar-refractivity contribution in [3.63, 3.8) is 0 Å². The number of nitrogens with one attached hydrogen (secondary N) is 1. The zero-order valence-corrected chi connectivity index (χ0v) is 18.4. The molecule has 2 heterocycles. The van der Waals surface area contributed by atoms with Gasteiger partial charge >= 0.3 is 0 Å². The lowest BCUT2D eigenvalue weighted by atomic mass is 10.1. The Balaban J connectivity index is 1.53. The van der Waals surface area contributed by atoms with Gasteiger partial charge in [0.2, 0.25) is 5.91 Å². The van der Waals surface area contributed by atoms with Crippen molar-refractivity contribution >= 4 is 23.4 Å². The highest BCUT2D eigenvalue weighted by Crippen LogP contribution is 2.26. The summed E-state index contributed by atoms with van der Waals surface area (Å²) in [5, 5.41) is 12.4. The summed E-state index contributed by atoms with van der Waals surface area (Å²) in [6.07, 6.45) is 2.51. The summed E-state index contributed by atoms with van der Waals surface area (Å²) in [7, 11) is 0.